The summed E-state index contributed by atoms with van der Waals surface area (Å²) in [6, 6.07) is 17.6. The third-order valence-corrected chi connectivity index (χ3v) is 5.98. The van der Waals surface area contributed by atoms with E-state index in [1.54, 1.807) is 0 Å². The van der Waals surface area contributed by atoms with Gasteiger partial charge in [-0.1, -0.05) is 98.7 Å². The average molecular weight is 341 g/mol. The molecule has 0 heteroatoms. The molecule has 0 radical (unpaired) electrons. The minimum Gasteiger partial charge on any atom is -0.0761 e. The van der Waals surface area contributed by atoms with Gasteiger partial charge in [0.25, 0.3) is 0 Å². The number of fused-ring (bicyclic) bond motifs is 1. The fraction of sp³-hybridized carbons (Fsp3) is 0.308. The van der Waals surface area contributed by atoms with E-state index in [0.29, 0.717) is 11.8 Å². The lowest BCUT2D eigenvalue weighted by Crippen LogP contribution is -2.13. The van der Waals surface area contributed by atoms with E-state index >= 15 is 0 Å². The fourth-order valence-corrected chi connectivity index (χ4v) is 4.78. The molecule has 132 valence electrons. The van der Waals surface area contributed by atoms with Gasteiger partial charge in [-0.05, 0) is 47.1 Å². The van der Waals surface area contributed by atoms with Gasteiger partial charge in [0, 0.05) is 11.8 Å². The van der Waals surface area contributed by atoms with Gasteiger partial charge < -0.3 is 0 Å². The molecule has 0 N–H and O–H groups in total. The van der Waals surface area contributed by atoms with E-state index in [0.717, 1.165) is 0 Å². The quantitative estimate of drug-likeness (QED) is 0.534. The van der Waals surface area contributed by atoms with Crippen molar-refractivity contribution >= 4 is 6.08 Å². The molecule has 2 atom stereocenters. The van der Waals surface area contributed by atoms with Gasteiger partial charge in [0.1, 0.15) is 0 Å². The van der Waals surface area contributed by atoms with Gasteiger partial charge in [-0.15, -0.1) is 0 Å². The van der Waals surface area contributed by atoms with Crippen molar-refractivity contribution in [2.24, 2.45) is 11.3 Å². The molecule has 0 saturated heterocycles. The van der Waals surface area contributed by atoms with Crippen LogP contribution in [0.3, 0.4) is 0 Å². The van der Waals surface area contributed by atoms with E-state index in [-0.39, 0.29) is 5.41 Å². The predicted molar refractivity (Wildman–Crippen MR) is 113 cm³/mol. The first-order valence-electron chi connectivity index (χ1n) is 9.64. The summed E-state index contributed by atoms with van der Waals surface area (Å²) in [6.07, 6.45) is 7.22. The van der Waals surface area contributed by atoms with Crippen molar-refractivity contribution in [3.63, 3.8) is 0 Å². The Bertz CT molecular complexity index is 930. The SMILES string of the molecule is CC1=Cc2c(-c3ccccc3)cccc2C1C1C=CC(C(C)(C)C)=C1C. The normalized spacial score (nSPS) is 22.0. The highest BCUT2D eigenvalue weighted by molar-refractivity contribution is 5.82. The van der Waals surface area contributed by atoms with Crippen LogP contribution in [0.2, 0.25) is 0 Å². The van der Waals surface area contributed by atoms with Gasteiger partial charge in [0.05, 0.1) is 0 Å². The van der Waals surface area contributed by atoms with E-state index in [9.17, 15) is 0 Å². The molecule has 0 nitrogen and oxygen atoms in total. The first kappa shape index (κ1) is 17.1. The van der Waals surface area contributed by atoms with Crippen LogP contribution in [0.1, 0.15) is 51.7 Å². The molecule has 26 heavy (non-hydrogen) atoms. The first-order chi connectivity index (χ1) is 12.4. The lowest BCUT2D eigenvalue weighted by atomic mass is 9.78. The van der Waals surface area contributed by atoms with Gasteiger partial charge in [-0.25, -0.2) is 0 Å². The maximum absolute atomic E-state index is 2.43. The highest BCUT2D eigenvalue weighted by Crippen LogP contribution is 2.50. The van der Waals surface area contributed by atoms with Crippen LogP contribution in [0.4, 0.5) is 0 Å². The number of allylic oxidation sites excluding steroid dienone is 5. The summed E-state index contributed by atoms with van der Waals surface area (Å²) in [6.45, 7) is 11.6. The molecular formula is C26H28. The molecule has 0 aliphatic heterocycles. The Morgan fingerprint density at radius 2 is 1.58 bits per heavy atom. The van der Waals surface area contributed by atoms with Gasteiger partial charge in [-0.2, -0.15) is 0 Å². The van der Waals surface area contributed by atoms with Crippen LogP contribution < -0.4 is 0 Å². The smallest absolute Gasteiger partial charge is 0.0155 e. The summed E-state index contributed by atoms with van der Waals surface area (Å²) in [4.78, 5) is 0. The fourth-order valence-electron chi connectivity index (χ4n) is 4.78. The van der Waals surface area contributed by atoms with Crippen LogP contribution in [0.25, 0.3) is 17.2 Å². The zero-order valence-electron chi connectivity index (χ0n) is 16.5. The Balaban J connectivity index is 1.80. The van der Waals surface area contributed by atoms with Crippen LogP contribution in [-0.2, 0) is 0 Å². The zero-order chi connectivity index (χ0) is 18.5. The number of rotatable bonds is 2. The molecule has 0 amide bonds. The Kier molecular flexibility index (Phi) is 4.03. The lowest BCUT2D eigenvalue weighted by molar-refractivity contribution is 0.507. The van der Waals surface area contributed by atoms with Crippen LogP contribution in [0.15, 0.2) is 77.4 Å². The van der Waals surface area contributed by atoms with Gasteiger partial charge in [0.2, 0.25) is 0 Å². The van der Waals surface area contributed by atoms with E-state index < -0.39 is 0 Å². The van der Waals surface area contributed by atoms with Gasteiger partial charge in [0.15, 0.2) is 0 Å². The highest BCUT2D eigenvalue weighted by atomic mass is 14.4. The molecule has 0 saturated carbocycles. The zero-order valence-corrected chi connectivity index (χ0v) is 16.5. The van der Waals surface area contributed by atoms with Crippen molar-refractivity contribution in [1.82, 2.24) is 0 Å². The third-order valence-electron chi connectivity index (χ3n) is 5.98. The summed E-state index contributed by atoms with van der Waals surface area (Å²) < 4.78 is 0. The molecule has 4 rings (SSSR count). The number of hydrogen-bond acceptors (Lipinski definition) is 0. The molecule has 2 aliphatic carbocycles. The van der Waals surface area contributed by atoms with Crippen molar-refractivity contribution in [1.29, 1.82) is 0 Å². The van der Waals surface area contributed by atoms with Crippen molar-refractivity contribution in [3.05, 3.63) is 88.5 Å². The molecule has 2 aliphatic rings. The summed E-state index contributed by atoms with van der Waals surface area (Å²) in [7, 11) is 0. The molecule has 2 unspecified atom stereocenters. The lowest BCUT2D eigenvalue weighted by Gasteiger charge is -2.26. The van der Waals surface area contributed by atoms with Gasteiger partial charge >= 0.3 is 0 Å². The van der Waals surface area contributed by atoms with Crippen LogP contribution in [0.5, 0.6) is 0 Å². The maximum Gasteiger partial charge on any atom is 0.0155 e. The molecule has 0 fully saturated rings. The van der Waals surface area contributed by atoms with Crippen LogP contribution in [-0.4, -0.2) is 0 Å². The molecule has 0 aromatic heterocycles. The minimum atomic E-state index is 0.209. The van der Waals surface area contributed by atoms with Crippen molar-refractivity contribution in [2.75, 3.05) is 0 Å². The largest absolute Gasteiger partial charge is 0.0761 e. The monoisotopic (exact) mass is 340 g/mol. The molecule has 2 aromatic rings. The second-order valence-electron chi connectivity index (χ2n) is 8.77. The van der Waals surface area contributed by atoms with Crippen molar-refractivity contribution < 1.29 is 0 Å². The predicted octanol–water partition coefficient (Wildman–Crippen LogP) is 7.40. The minimum absolute atomic E-state index is 0.209. The van der Waals surface area contributed by atoms with Crippen molar-refractivity contribution in [3.8, 4) is 11.1 Å². The summed E-state index contributed by atoms with van der Waals surface area (Å²) in [5.41, 5.74) is 10.3. The van der Waals surface area contributed by atoms with Gasteiger partial charge in [-0.3, -0.25) is 0 Å². The standard InChI is InChI=1S/C26H28/c1-17-16-23-21(19-10-7-6-8-11-19)12-9-13-22(23)25(17)20-14-15-24(18(20)2)26(3,4)5/h6-16,20,25H,1-5H3. The Labute approximate surface area is 158 Å². The summed E-state index contributed by atoms with van der Waals surface area (Å²) in [5.74, 6) is 0.942. The van der Waals surface area contributed by atoms with Crippen LogP contribution in [0, 0.1) is 11.3 Å². The highest BCUT2D eigenvalue weighted by Gasteiger charge is 2.35. The number of benzene rings is 2. The van der Waals surface area contributed by atoms with E-state index in [1.807, 2.05) is 0 Å². The Morgan fingerprint density at radius 3 is 2.23 bits per heavy atom. The number of hydrogen-bond donors (Lipinski definition) is 0. The van der Waals surface area contributed by atoms with E-state index in [4.69, 9.17) is 0 Å². The summed E-state index contributed by atoms with van der Waals surface area (Å²) in [5, 5.41) is 0. The third kappa shape index (κ3) is 2.69. The molecule has 2 aromatic carbocycles. The second-order valence-corrected chi connectivity index (χ2v) is 8.77. The molecule has 0 bridgehead atoms. The van der Waals surface area contributed by atoms with E-state index in [2.05, 4.69) is 101 Å². The Hall–Kier alpha value is -2.34. The second kappa shape index (κ2) is 6.13. The van der Waals surface area contributed by atoms with Crippen molar-refractivity contribution in [2.45, 2.75) is 40.5 Å². The average Bonchev–Trinajstić information content (AvgIpc) is 3.14. The summed E-state index contributed by atoms with van der Waals surface area (Å²) >= 11 is 0. The topological polar surface area (TPSA) is 0 Å². The first-order valence-corrected chi connectivity index (χ1v) is 9.64. The van der Waals surface area contributed by atoms with Crippen LogP contribution >= 0.6 is 0 Å². The maximum atomic E-state index is 2.43. The Morgan fingerprint density at radius 1 is 0.846 bits per heavy atom. The molecule has 0 spiro atoms. The van der Waals surface area contributed by atoms with E-state index in [1.165, 1.54) is 39.0 Å². The molecular weight excluding hydrogens is 312 g/mol. The molecule has 0 heterocycles.